The first-order valence-electron chi connectivity index (χ1n) is 8.19. The van der Waals surface area contributed by atoms with Gasteiger partial charge in [0.25, 0.3) is 0 Å². The van der Waals surface area contributed by atoms with Crippen molar-refractivity contribution in [2.45, 2.75) is 39.3 Å². The molecule has 1 unspecified atom stereocenters. The predicted octanol–water partition coefficient (Wildman–Crippen LogP) is 3.68. The summed E-state index contributed by atoms with van der Waals surface area (Å²) >= 11 is 3.12. The fourth-order valence-corrected chi connectivity index (χ4v) is 3.37. The summed E-state index contributed by atoms with van der Waals surface area (Å²) in [7, 11) is 0. The molecule has 7 heteroatoms. The van der Waals surface area contributed by atoms with Gasteiger partial charge in [0, 0.05) is 30.1 Å². The van der Waals surface area contributed by atoms with Crippen LogP contribution in [-0.2, 0) is 16.0 Å². The molecule has 3 heterocycles. The van der Waals surface area contributed by atoms with Gasteiger partial charge in [-0.3, -0.25) is 4.79 Å². The minimum Gasteiger partial charge on any atom is -0.451 e. The maximum absolute atomic E-state index is 12.4. The number of carbonyl (C=O) groups is 2. The van der Waals surface area contributed by atoms with Gasteiger partial charge < -0.3 is 18.5 Å². The Morgan fingerprint density at radius 1 is 1.36 bits per heavy atom. The SMILES string of the molecule is Cc1cc(C(=O)COC(=O)c2ccc(Br)o2)c(C)n1CC1CCCO1. The van der Waals surface area contributed by atoms with Crippen molar-refractivity contribution in [2.24, 2.45) is 0 Å². The third-order valence-corrected chi connectivity index (χ3v) is 4.82. The molecule has 134 valence electrons. The average molecular weight is 410 g/mol. The van der Waals surface area contributed by atoms with Crippen molar-refractivity contribution in [1.29, 1.82) is 0 Å². The number of ether oxygens (including phenoxy) is 2. The summed E-state index contributed by atoms with van der Waals surface area (Å²) in [5.74, 6) is -0.832. The van der Waals surface area contributed by atoms with Gasteiger partial charge in [-0.05, 0) is 60.8 Å². The summed E-state index contributed by atoms with van der Waals surface area (Å²) in [4.78, 5) is 24.3. The first-order chi connectivity index (χ1) is 12.0. The largest absolute Gasteiger partial charge is 0.451 e. The molecule has 1 aliphatic heterocycles. The van der Waals surface area contributed by atoms with Gasteiger partial charge in [0.2, 0.25) is 11.5 Å². The van der Waals surface area contributed by atoms with Gasteiger partial charge in [-0.15, -0.1) is 0 Å². The molecule has 0 N–H and O–H groups in total. The Hall–Kier alpha value is -1.86. The van der Waals surface area contributed by atoms with E-state index in [1.807, 2.05) is 19.9 Å². The second-order valence-corrected chi connectivity index (χ2v) is 6.92. The molecule has 1 saturated heterocycles. The molecular weight excluding hydrogens is 390 g/mol. The van der Waals surface area contributed by atoms with E-state index in [0.717, 1.165) is 37.4 Å². The minimum atomic E-state index is -0.660. The van der Waals surface area contributed by atoms with Gasteiger partial charge >= 0.3 is 5.97 Å². The zero-order chi connectivity index (χ0) is 18.0. The van der Waals surface area contributed by atoms with Gasteiger partial charge in [-0.2, -0.15) is 0 Å². The summed E-state index contributed by atoms with van der Waals surface area (Å²) in [6.45, 7) is 5.09. The number of halogens is 1. The molecule has 0 amide bonds. The normalized spacial score (nSPS) is 17.0. The third kappa shape index (κ3) is 4.04. The number of hydrogen-bond donors (Lipinski definition) is 0. The Morgan fingerprint density at radius 3 is 2.80 bits per heavy atom. The molecule has 2 aromatic heterocycles. The first kappa shape index (κ1) is 17.9. The molecule has 25 heavy (non-hydrogen) atoms. The number of ketones is 1. The lowest BCUT2D eigenvalue weighted by Gasteiger charge is -2.14. The van der Waals surface area contributed by atoms with E-state index in [0.29, 0.717) is 10.2 Å². The van der Waals surface area contributed by atoms with Crippen LogP contribution in [0.2, 0.25) is 0 Å². The van der Waals surface area contributed by atoms with Crippen LogP contribution in [0.15, 0.2) is 27.3 Å². The number of nitrogens with zero attached hydrogens (tertiary/aromatic N) is 1. The van der Waals surface area contributed by atoms with Crippen LogP contribution >= 0.6 is 15.9 Å². The van der Waals surface area contributed by atoms with E-state index < -0.39 is 5.97 Å². The van der Waals surface area contributed by atoms with Crippen molar-refractivity contribution in [2.75, 3.05) is 13.2 Å². The number of hydrogen-bond acceptors (Lipinski definition) is 5. The average Bonchev–Trinajstić information content (AvgIpc) is 3.30. The van der Waals surface area contributed by atoms with Gasteiger partial charge in [-0.25, -0.2) is 4.79 Å². The van der Waals surface area contributed by atoms with Crippen molar-refractivity contribution in [1.82, 2.24) is 4.57 Å². The van der Waals surface area contributed by atoms with E-state index in [1.54, 1.807) is 6.07 Å². The number of aromatic nitrogens is 1. The lowest BCUT2D eigenvalue weighted by atomic mass is 10.1. The molecule has 6 nitrogen and oxygen atoms in total. The van der Waals surface area contributed by atoms with Crippen LogP contribution < -0.4 is 0 Å². The molecule has 1 fully saturated rings. The highest BCUT2D eigenvalue weighted by atomic mass is 79.9. The molecule has 3 rings (SSSR count). The summed E-state index contributed by atoms with van der Waals surface area (Å²) < 4.78 is 18.4. The van der Waals surface area contributed by atoms with Crippen molar-refractivity contribution < 1.29 is 23.5 Å². The van der Waals surface area contributed by atoms with Crippen molar-refractivity contribution in [3.63, 3.8) is 0 Å². The second-order valence-electron chi connectivity index (χ2n) is 6.13. The number of esters is 1. The highest BCUT2D eigenvalue weighted by Crippen LogP contribution is 2.21. The Morgan fingerprint density at radius 2 is 2.16 bits per heavy atom. The van der Waals surface area contributed by atoms with Crippen LogP contribution in [0.4, 0.5) is 0 Å². The smallest absolute Gasteiger partial charge is 0.374 e. The Labute approximate surface area is 154 Å². The van der Waals surface area contributed by atoms with Gasteiger partial charge in [0.05, 0.1) is 6.10 Å². The number of rotatable bonds is 6. The standard InChI is InChI=1S/C18H20BrNO5/c1-11-8-14(12(2)20(11)9-13-4-3-7-23-13)15(21)10-24-18(22)16-5-6-17(19)25-16/h5-6,8,13H,3-4,7,9-10H2,1-2H3. The summed E-state index contributed by atoms with van der Waals surface area (Å²) in [6.07, 6.45) is 2.31. The minimum absolute atomic E-state index is 0.0588. The van der Waals surface area contributed by atoms with Crippen molar-refractivity contribution >= 4 is 27.7 Å². The Bertz CT molecular complexity index is 785. The quantitative estimate of drug-likeness (QED) is 0.537. The van der Waals surface area contributed by atoms with Gasteiger partial charge in [0.1, 0.15) is 0 Å². The molecule has 0 spiro atoms. The molecule has 0 saturated carbocycles. The monoisotopic (exact) mass is 409 g/mol. The molecular formula is C18H20BrNO5. The number of furan rings is 1. The van der Waals surface area contributed by atoms with E-state index in [9.17, 15) is 9.59 Å². The van der Waals surface area contributed by atoms with E-state index >= 15 is 0 Å². The Kier molecular flexibility index (Phi) is 5.44. The number of aryl methyl sites for hydroxylation is 1. The molecule has 1 atom stereocenters. The molecule has 0 aliphatic carbocycles. The van der Waals surface area contributed by atoms with E-state index in [-0.39, 0.29) is 24.3 Å². The van der Waals surface area contributed by atoms with Crippen molar-refractivity contribution in [3.8, 4) is 0 Å². The zero-order valence-corrected chi connectivity index (χ0v) is 15.8. The molecule has 2 aromatic rings. The molecule has 0 aromatic carbocycles. The number of carbonyl (C=O) groups excluding carboxylic acids is 2. The predicted molar refractivity (Wildman–Crippen MR) is 93.9 cm³/mol. The topological polar surface area (TPSA) is 70.7 Å². The highest BCUT2D eigenvalue weighted by Gasteiger charge is 2.22. The van der Waals surface area contributed by atoms with Crippen LogP contribution in [-0.4, -0.2) is 35.6 Å². The first-order valence-corrected chi connectivity index (χ1v) is 8.99. The van der Waals surface area contributed by atoms with E-state index in [2.05, 4.69) is 20.5 Å². The maximum Gasteiger partial charge on any atom is 0.374 e. The maximum atomic E-state index is 12.4. The lowest BCUT2D eigenvalue weighted by molar-refractivity contribution is 0.0442. The molecule has 0 radical (unpaired) electrons. The lowest BCUT2D eigenvalue weighted by Crippen LogP contribution is -2.18. The summed E-state index contributed by atoms with van der Waals surface area (Å²) in [5, 5.41) is 0. The van der Waals surface area contributed by atoms with E-state index in [4.69, 9.17) is 13.9 Å². The Balaban J connectivity index is 1.64. The summed E-state index contributed by atoms with van der Waals surface area (Å²) in [6, 6.07) is 4.92. The fourth-order valence-electron chi connectivity index (χ4n) is 3.06. The third-order valence-electron chi connectivity index (χ3n) is 4.39. The fraction of sp³-hybridized carbons (Fsp3) is 0.444. The zero-order valence-electron chi connectivity index (χ0n) is 14.2. The van der Waals surface area contributed by atoms with Crippen molar-refractivity contribution in [3.05, 3.63) is 45.6 Å². The van der Waals surface area contributed by atoms with Crippen LogP contribution in [0.5, 0.6) is 0 Å². The summed E-state index contributed by atoms with van der Waals surface area (Å²) in [5.41, 5.74) is 2.44. The number of Topliss-reactive ketones (excluding diaryl/α,β-unsaturated/α-hetero) is 1. The van der Waals surface area contributed by atoms with Gasteiger partial charge in [-0.1, -0.05) is 0 Å². The van der Waals surface area contributed by atoms with Crippen LogP contribution in [0, 0.1) is 13.8 Å². The van der Waals surface area contributed by atoms with Crippen LogP contribution in [0.25, 0.3) is 0 Å². The molecule has 1 aliphatic rings. The van der Waals surface area contributed by atoms with Crippen LogP contribution in [0.1, 0.15) is 45.1 Å². The molecule has 0 bridgehead atoms. The second kappa shape index (κ2) is 7.58. The highest BCUT2D eigenvalue weighted by molar-refractivity contribution is 9.10. The van der Waals surface area contributed by atoms with Gasteiger partial charge in [0.15, 0.2) is 11.3 Å². The van der Waals surface area contributed by atoms with E-state index in [1.165, 1.54) is 6.07 Å². The van der Waals surface area contributed by atoms with Crippen LogP contribution in [0.3, 0.4) is 0 Å².